The SMILES string of the molecule is CCCCCCCCCCCCCCCCCCC1=NCC[N+]1(CC)CC(=O)O.C[N+](C)(C)CC(=O)O. The van der Waals surface area contributed by atoms with Gasteiger partial charge >= 0.3 is 11.9 Å². The van der Waals surface area contributed by atoms with Crippen molar-refractivity contribution in [2.75, 3.05) is 53.9 Å². The van der Waals surface area contributed by atoms with Gasteiger partial charge in [0.25, 0.3) is 0 Å². The Balaban J connectivity index is 0.00000139. The minimum absolute atomic E-state index is 0.181. The van der Waals surface area contributed by atoms with E-state index < -0.39 is 11.9 Å². The van der Waals surface area contributed by atoms with E-state index in [9.17, 15) is 14.7 Å². The lowest BCUT2D eigenvalue weighted by Crippen LogP contribution is -2.53. The largest absolute Gasteiger partial charge is 0.477 e. The number of hydrogen-bond acceptors (Lipinski definition) is 3. The summed E-state index contributed by atoms with van der Waals surface area (Å²) < 4.78 is 1.07. The van der Waals surface area contributed by atoms with Crippen molar-refractivity contribution in [1.82, 2.24) is 0 Å². The van der Waals surface area contributed by atoms with Crippen LogP contribution in [0.4, 0.5) is 0 Å². The number of amidine groups is 1. The first-order valence-corrected chi connectivity index (χ1v) is 15.2. The van der Waals surface area contributed by atoms with Gasteiger partial charge in [0.05, 0.1) is 34.2 Å². The monoisotopic (exact) mass is 527 g/mol. The Morgan fingerprint density at radius 2 is 1.16 bits per heavy atom. The number of unbranched alkanes of at least 4 members (excludes halogenated alkanes) is 15. The second-order valence-electron chi connectivity index (χ2n) is 11.9. The van der Waals surface area contributed by atoms with E-state index in [1.165, 1.54) is 96.3 Å². The van der Waals surface area contributed by atoms with Crippen LogP contribution in [0.1, 0.15) is 123 Å². The number of carbonyl (C=O) groups is 2. The molecule has 1 rings (SSSR count). The first-order valence-electron chi connectivity index (χ1n) is 15.2. The maximum Gasteiger partial charge on any atom is 0.359 e. The lowest BCUT2D eigenvalue weighted by molar-refractivity contribution is -0.862. The first-order chi connectivity index (χ1) is 17.6. The van der Waals surface area contributed by atoms with Crippen molar-refractivity contribution < 1.29 is 28.8 Å². The topological polar surface area (TPSA) is 87.0 Å². The van der Waals surface area contributed by atoms with Crippen LogP contribution in [0.25, 0.3) is 0 Å². The van der Waals surface area contributed by atoms with Crippen molar-refractivity contribution >= 4 is 17.8 Å². The summed E-state index contributed by atoms with van der Waals surface area (Å²) in [6.07, 6.45) is 23.1. The van der Waals surface area contributed by atoms with Crippen LogP contribution in [0.15, 0.2) is 4.99 Å². The summed E-state index contributed by atoms with van der Waals surface area (Å²) >= 11 is 0. The van der Waals surface area contributed by atoms with Gasteiger partial charge in [-0.15, -0.1) is 0 Å². The summed E-state index contributed by atoms with van der Waals surface area (Å²) in [7, 11) is 5.52. The van der Waals surface area contributed by atoms with Gasteiger partial charge in [-0.3, -0.25) is 4.48 Å². The van der Waals surface area contributed by atoms with Crippen LogP contribution in [0.2, 0.25) is 0 Å². The first kappa shape index (κ1) is 35.5. The summed E-state index contributed by atoms with van der Waals surface area (Å²) in [5, 5.41) is 17.5. The van der Waals surface area contributed by atoms with E-state index in [1.54, 1.807) is 0 Å². The highest BCUT2D eigenvalue weighted by atomic mass is 16.4. The highest BCUT2D eigenvalue weighted by Gasteiger charge is 2.38. The molecule has 1 unspecified atom stereocenters. The molecule has 0 aromatic carbocycles. The number of aliphatic imine (C=N–C) groups is 1. The van der Waals surface area contributed by atoms with E-state index in [4.69, 9.17) is 5.11 Å². The average molecular weight is 528 g/mol. The molecule has 7 heteroatoms. The number of carboxylic acid groups (broad SMARTS) is 2. The van der Waals surface area contributed by atoms with Crippen molar-refractivity contribution in [3.63, 3.8) is 0 Å². The van der Waals surface area contributed by atoms with E-state index in [-0.39, 0.29) is 13.1 Å². The second kappa shape index (κ2) is 21.5. The zero-order chi connectivity index (χ0) is 28.0. The molecule has 7 nitrogen and oxygen atoms in total. The van der Waals surface area contributed by atoms with Gasteiger partial charge < -0.3 is 14.7 Å². The van der Waals surface area contributed by atoms with E-state index in [1.807, 2.05) is 21.1 Å². The molecule has 0 fully saturated rings. The molecule has 218 valence electrons. The molecule has 0 amide bonds. The number of likely N-dealkylation sites (N-methyl/N-ethyl adjacent to an activating group) is 2. The quantitative estimate of drug-likeness (QED) is 0.120. The van der Waals surface area contributed by atoms with Crippen LogP contribution in [0.5, 0.6) is 0 Å². The van der Waals surface area contributed by atoms with Gasteiger partial charge in [0.15, 0.2) is 18.9 Å². The molecule has 0 saturated carbocycles. The molecular weight excluding hydrogens is 466 g/mol. The molecule has 1 aliphatic rings. The molecule has 0 aromatic heterocycles. The Morgan fingerprint density at radius 3 is 1.49 bits per heavy atom. The maximum atomic E-state index is 11.2. The Bertz CT molecular complexity index is 631. The molecule has 0 radical (unpaired) electrons. The number of nitrogens with zero attached hydrogens (tertiary/aromatic N) is 3. The standard InChI is InChI=1S/C25H48N2O2.C5H11NO2/c1-3-5-6-7-8-9-10-11-12-13-14-15-16-17-18-19-20-24-26-21-22-27(24,4-2)23-25(28)29;1-6(2,3)4-5(7)8/h3-23H2,1-2H3;4H2,1-3H3/p+2. The summed E-state index contributed by atoms with van der Waals surface area (Å²) in [6, 6.07) is 0. The molecule has 2 N–H and O–H groups in total. The van der Waals surface area contributed by atoms with Gasteiger partial charge in [0.2, 0.25) is 0 Å². The lowest BCUT2D eigenvalue weighted by atomic mass is 10.0. The number of aliphatic carboxylic acids is 2. The van der Waals surface area contributed by atoms with Crippen LogP contribution < -0.4 is 0 Å². The van der Waals surface area contributed by atoms with Gasteiger partial charge in [-0.25, -0.2) is 14.6 Å². The van der Waals surface area contributed by atoms with Crippen LogP contribution in [-0.2, 0) is 9.59 Å². The number of quaternary nitrogens is 2. The average Bonchev–Trinajstić information content (AvgIpc) is 3.19. The minimum atomic E-state index is -0.752. The van der Waals surface area contributed by atoms with Gasteiger partial charge in [0, 0.05) is 6.42 Å². The fraction of sp³-hybridized carbons (Fsp3) is 0.900. The highest BCUT2D eigenvalue weighted by Crippen LogP contribution is 2.20. The fourth-order valence-corrected chi connectivity index (χ4v) is 5.08. The predicted molar refractivity (Wildman–Crippen MR) is 155 cm³/mol. The third-order valence-corrected chi connectivity index (χ3v) is 7.28. The minimum Gasteiger partial charge on any atom is -0.477 e. The maximum absolute atomic E-state index is 11.2. The van der Waals surface area contributed by atoms with Gasteiger partial charge in [-0.05, 0) is 13.3 Å². The summed E-state index contributed by atoms with van der Waals surface area (Å²) in [5.41, 5.74) is 0. The van der Waals surface area contributed by atoms with Crippen molar-refractivity contribution in [1.29, 1.82) is 0 Å². The fourth-order valence-electron chi connectivity index (χ4n) is 5.08. The zero-order valence-electron chi connectivity index (χ0n) is 25.1. The Morgan fingerprint density at radius 1 is 0.730 bits per heavy atom. The van der Waals surface area contributed by atoms with Crippen molar-refractivity contribution in [3.05, 3.63) is 0 Å². The number of hydrogen-bond donors (Lipinski definition) is 2. The van der Waals surface area contributed by atoms with Crippen LogP contribution in [-0.4, -0.2) is 90.8 Å². The third kappa shape index (κ3) is 20.2. The van der Waals surface area contributed by atoms with Crippen LogP contribution >= 0.6 is 0 Å². The summed E-state index contributed by atoms with van der Waals surface area (Å²) in [6.45, 7) is 7.29. The summed E-state index contributed by atoms with van der Waals surface area (Å²) in [5.74, 6) is -0.314. The smallest absolute Gasteiger partial charge is 0.359 e. The lowest BCUT2D eigenvalue weighted by Gasteiger charge is -2.31. The van der Waals surface area contributed by atoms with Crippen molar-refractivity contribution in [3.8, 4) is 0 Å². The second-order valence-corrected chi connectivity index (χ2v) is 11.9. The normalized spacial score (nSPS) is 17.3. The van der Waals surface area contributed by atoms with E-state index in [2.05, 4.69) is 18.8 Å². The van der Waals surface area contributed by atoms with Gasteiger partial charge in [-0.1, -0.05) is 103 Å². The third-order valence-electron chi connectivity index (χ3n) is 7.28. The number of rotatable bonds is 22. The molecular formula is C30H61N3O4+2. The molecule has 0 aromatic rings. The predicted octanol–water partition coefficient (Wildman–Crippen LogP) is 6.75. The van der Waals surface area contributed by atoms with E-state index in [0.29, 0.717) is 8.97 Å². The molecule has 1 atom stereocenters. The number of carboxylic acids is 2. The molecule has 0 aliphatic carbocycles. The van der Waals surface area contributed by atoms with Crippen LogP contribution in [0, 0.1) is 0 Å². The molecule has 0 spiro atoms. The van der Waals surface area contributed by atoms with Crippen LogP contribution in [0.3, 0.4) is 0 Å². The molecule has 1 heterocycles. The highest BCUT2D eigenvalue weighted by molar-refractivity contribution is 5.80. The van der Waals surface area contributed by atoms with E-state index >= 15 is 0 Å². The van der Waals surface area contributed by atoms with E-state index in [0.717, 1.165) is 38.3 Å². The Labute approximate surface area is 228 Å². The molecule has 1 aliphatic heterocycles. The molecule has 0 saturated heterocycles. The molecule has 37 heavy (non-hydrogen) atoms. The Kier molecular flexibility index (Phi) is 20.6. The van der Waals surface area contributed by atoms with Gasteiger partial charge in [-0.2, -0.15) is 0 Å². The van der Waals surface area contributed by atoms with Crippen molar-refractivity contribution in [2.45, 2.75) is 123 Å². The summed E-state index contributed by atoms with van der Waals surface area (Å²) in [4.78, 5) is 25.9. The molecule has 0 bridgehead atoms. The van der Waals surface area contributed by atoms with Crippen molar-refractivity contribution in [2.24, 2.45) is 4.99 Å². The zero-order valence-corrected chi connectivity index (χ0v) is 25.1. The van der Waals surface area contributed by atoms with Gasteiger partial charge in [0.1, 0.15) is 6.54 Å². The Hall–Kier alpha value is -1.47.